The van der Waals surface area contributed by atoms with Crippen LogP contribution in [-0.4, -0.2) is 48.2 Å². The maximum absolute atomic E-state index is 13.0. The number of nitrogens with zero attached hydrogens (tertiary/aromatic N) is 2. The van der Waals surface area contributed by atoms with Crippen LogP contribution in [0.3, 0.4) is 0 Å². The van der Waals surface area contributed by atoms with Crippen molar-refractivity contribution in [1.82, 2.24) is 4.90 Å². The third-order valence-electron chi connectivity index (χ3n) is 5.18. The number of Topliss-reactive ketones (excluding diaryl/α,β-unsaturated/α-hetero) is 1. The molecule has 1 atom stereocenters. The Hall–Kier alpha value is -2.37. The number of fused-ring (bicyclic) bond motifs is 1. The van der Waals surface area contributed by atoms with Crippen LogP contribution < -0.4 is 9.64 Å². The summed E-state index contributed by atoms with van der Waals surface area (Å²) >= 11 is 0. The quantitative estimate of drug-likeness (QED) is 0.520. The summed E-state index contributed by atoms with van der Waals surface area (Å²) in [7, 11) is 0. The van der Waals surface area contributed by atoms with E-state index in [0.717, 1.165) is 32.1 Å². The number of carbonyl (C=O) groups excluding carboxylic acids is 3. The van der Waals surface area contributed by atoms with Crippen LogP contribution in [0.1, 0.15) is 76.6 Å². The summed E-state index contributed by atoms with van der Waals surface area (Å²) in [4.78, 5) is 41.5. The molecule has 1 aromatic rings. The number of hydrogen-bond donors (Lipinski definition) is 0. The van der Waals surface area contributed by atoms with Crippen molar-refractivity contribution in [3.8, 4) is 5.75 Å². The molecule has 29 heavy (non-hydrogen) atoms. The molecule has 0 N–H and O–H groups in total. The van der Waals surface area contributed by atoms with E-state index in [1.54, 1.807) is 25.1 Å². The van der Waals surface area contributed by atoms with Crippen LogP contribution in [0.15, 0.2) is 18.2 Å². The highest BCUT2D eigenvalue weighted by Gasteiger charge is 2.34. The maximum atomic E-state index is 13.0. The van der Waals surface area contributed by atoms with Gasteiger partial charge in [-0.15, -0.1) is 0 Å². The first-order valence-corrected chi connectivity index (χ1v) is 10.9. The average Bonchev–Trinajstić information content (AvgIpc) is 2.71. The largest absolute Gasteiger partial charge is 0.479 e. The first kappa shape index (κ1) is 22.9. The SMILES string of the molecule is CCCCN(CCCC)C(=O)CN1C(=O)C(C)Oc2ccc(C(=O)CCC)cc21. The molecule has 160 valence electrons. The van der Waals surface area contributed by atoms with Crippen LogP contribution in [0.4, 0.5) is 5.69 Å². The molecular weight excluding hydrogens is 368 g/mol. The van der Waals surface area contributed by atoms with Gasteiger partial charge in [0.2, 0.25) is 5.91 Å². The normalized spacial score (nSPS) is 15.7. The van der Waals surface area contributed by atoms with Crippen LogP contribution in [0.25, 0.3) is 0 Å². The topological polar surface area (TPSA) is 66.9 Å². The second-order valence-electron chi connectivity index (χ2n) is 7.63. The molecule has 0 saturated carbocycles. The molecule has 0 spiro atoms. The Morgan fingerprint density at radius 1 is 1.07 bits per heavy atom. The molecule has 6 nitrogen and oxygen atoms in total. The first-order valence-electron chi connectivity index (χ1n) is 10.9. The molecule has 0 aliphatic carbocycles. The van der Waals surface area contributed by atoms with E-state index in [2.05, 4.69) is 13.8 Å². The Morgan fingerprint density at radius 3 is 2.31 bits per heavy atom. The fourth-order valence-corrected chi connectivity index (χ4v) is 3.41. The highest BCUT2D eigenvalue weighted by molar-refractivity contribution is 6.05. The fourth-order valence-electron chi connectivity index (χ4n) is 3.41. The molecule has 1 aliphatic rings. The number of carbonyl (C=O) groups is 3. The second kappa shape index (κ2) is 11.0. The van der Waals surface area contributed by atoms with Crippen molar-refractivity contribution >= 4 is 23.3 Å². The summed E-state index contributed by atoms with van der Waals surface area (Å²) in [6.07, 6.45) is 4.44. The fraction of sp³-hybridized carbons (Fsp3) is 0.609. The van der Waals surface area contributed by atoms with Crippen molar-refractivity contribution in [1.29, 1.82) is 0 Å². The van der Waals surface area contributed by atoms with Crippen LogP contribution in [0, 0.1) is 0 Å². The van der Waals surface area contributed by atoms with Gasteiger partial charge in [-0.1, -0.05) is 33.6 Å². The molecule has 0 aromatic heterocycles. The number of anilines is 1. The van der Waals surface area contributed by atoms with E-state index in [0.29, 0.717) is 36.5 Å². The van der Waals surface area contributed by atoms with E-state index in [-0.39, 0.29) is 24.1 Å². The Balaban J connectivity index is 2.28. The number of rotatable bonds is 11. The number of ketones is 1. The molecule has 2 amide bonds. The molecule has 0 saturated heterocycles. The summed E-state index contributed by atoms with van der Waals surface area (Å²) in [6.45, 7) is 9.21. The van der Waals surface area contributed by atoms with Crippen molar-refractivity contribution < 1.29 is 19.1 Å². The zero-order valence-electron chi connectivity index (χ0n) is 18.2. The van der Waals surface area contributed by atoms with E-state index in [9.17, 15) is 14.4 Å². The molecular formula is C23H34N2O4. The summed E-state index contributed by atoms with van der Waals surface area (Å²) in [5, 5.41) is 0. The van der Waals surface area contributed by atoms with Gasteiger partial charge in [0.15, 0.2) is 11.9 Å². The van der Waals surface area contributed by atoms with Gasteiger partial charge in [-0.2, -0.15) is 0 Å². The predicted octanol–water partition coefficient (Wildman–Crippen LogP) is 4.21. The number of benzene rings is 1. The molecule has 1 unspecified atom stereocenters. The van der Waals surface area contributed by atoms with Gasteiger partial charge in [0.1, 0.15) is 12.3 Å². The van der Waals surface area contributed by atoms with Crippen molar-refractivity contribution in [2.75, 3.05) is 24.5 Å². The van der Waals surface area contributed by atoms with Gasteiger partial charge in [0.05, 0.1) is 5.69 Å². The van der Waals surface area contributed by atoms with Crippen LogP contribution in [0.2, 0.25) is 0 Å². The molecule has 2 rings (SSSR count). The lowest BCUT2D eigenvalue weighted by atomic mass is 10.0. The van der Waals surface area contributed by atoms with Gasteiger partial charge < -0.3 is 9.64 Å². The zero-order valence-corrected chi connectivity index (χ0v) is 18.2. The van der Waals surface area contributed by atoms with Gasteiger partial charge in [-0.25, -0.2) is 0 Å². The van der Waals surface area contributed by atoms with Gasteiger partial charge in [0, 0.05) is 25.1 Å². The van der Waals surface area contributed by atoms with Crippen LogP contribution in [-0.2, 0) is 9.59 Å². The first-order chi connectivity index (χ1) is 13.9. The Morgan fingerprint density at radius 2 is 1.72 bits per heavy atom. The van der Waals surface area contributed by atoms with Crippen LogP contribution in [0.5, 0.6) is 5.75 Å². The van der Waals surface area contributed by atoms with Crippen molar-refractivity contribution in [3.05, 3.63) is 23.8 Å². The monoisotopic (exact) mass is 402 g/mol. The molecule has 1 aliphatic heterocycles. The summed E-state index contributed by atoms with van der Waals surface area (Å²) in [6, 6.07) is 5.14. The lowest BCUT2D eigenvalue weighted by Crippen LogP contribution is -2.50. The molecule has 0 radical (unpaired) electrons. The highest BCUT2D eigenvalue weighted by atomic mass is 16.5. The minimum Gasteiger partial charge on any atom is -0.479 e. The zero-order chi connectivity index (χ0) is 21.4. The molecule has 0 fully saturated rings. The van der Waals surface area contributed by atoms with Gasteiger partial charge in [0.25, 0.3) is 5.91 Å². The minimum absolute atomic E-state index is 0.0279. The average molecular weight is 403 g/mol. The van der Waals surface area contributed by atoms with E-state index in [4.69, 9.17) is 4.74 Å². The molecule has 1 aromatic carbocycles. The van der Waals surface area contributed by atoms with E-state index in [1.807, 2.05) is 11.8 Å². The van der Waals surface area contributed by atoms with Gasteiger partial charge in [-0.05, 0) is 44.4 Å². The predicted molar refractivity (Wildman–Crippen MR) is 115 cm³/mol. The number of hydrogen-bond acceptors (Lipinski definition) is 4. The number of unbranched alkanes of at least 4 members (excludes halogenated alkanes) is 2. The third-order valence-corrected chi connectivity index (χ3v) is 5.18. The minimum atomic E-state index is -0.660. The highest BCUT2D eigenvalue weighted by Crippen LogP contribution is 2.35. The second-order valence-corrected chi connectivity index (χ2v) is 7.63. The Labute approximate surface area is 174 Å². The molecule has 0 bridgehead atoms. The smallest absolute Gasteiger partial charge is 0.268 e. The lowest BCUT2D eigenvalue weighted by molar-refractivity contribution is -0.133. The standard InChI is InChI=1S/C23H34N2O4/c1-5-8-13-24(14-9-6-2)22(27)16-25-19-15-18(20(26)10-7-3)11-12-21(19)29-17(4)23(25)28/h11-12,15,17H,5-10,13-14,16H2,1-4H3. The van der Waals surface area contributed by atoms with Crippen molar-refractivity contribution in [2.45, 2.75) is 72.3 Å². The number of amides is 2. The van der Waals surface area contributed by atoms with Crippen LogP contribution >= 0.6 is 0 Å². The Bertz CT molecular complexity index is 724. The summed E-state index contributed by atoms with van der Waals surface area (Å²) < 4.78 is 5.71. The Kier molecular flexibility index (Phi) is 8.68. The molecule has 1 heterocycles. The molecule has 6 heteroatoms. The summed E-state index contributed by atoms with van der Waals surface area (Å²) in [5.41, 5.74) is 1.05. The van der Waals surface area contributed by atoms with E-state index in [1.165, 1.54) is 4.90 Å². The summed E-state index contributed by atoms with van der Waals surface area (Å²) in [5.74, 6) is 0.245. The van der Waals surface area contributed by atoms with Gasteiger partial charge in [-0.3, -0.25) is 19.3 Å². The van der Waals surface area contributed by atoms with Crippen molar-refractivity contribution in [2.24, 2.45) is 0 Å². The van der Waals surface area contributed by atoms with Gasteiger partial charge >= 0.3 is 0 Å². The third kappa shape index (κ3) is 5.81. The maximum Gasteiger partial charge on any atom is 0.268 e. The lowest BCUT2D eigenvalue weighted by Gasteiger charge is -2.34. The van der Waals surface area contributed by atoms with E-state index < -0.39 is 6.10 Å². The van der Waals surface area contributed by atoms with E-state index >= 15 is 0 Å². The van der Waals surface area contributed by atoms with Crippen molar-refractivity contribution in [3.63, 3.8) is 0 Å². The number of ether oxygens (including phenoxy) is 1.